The Kier molecular flexibility index (Phi) is 6.17. The molecule has 0 heterocycles. The third-order valence-corrected chi connectivity index (χ3v) is 3.27. The molecule has 0 atom stereocenters. The minimum absolute atomic E-state index is 0.287. The van der Waals surface area contributed by atoms with Gasteiger partial charge in [-0.1, -0.05) is 6.08 Å². The summed E-state index contributed by atoms with van der Waals surface area (Å²) >= 11 is 1.52. The quantitative estimate of drug-likeness (QED) is 0.599. The van der Waals surface area contributed by atoms with E-state index in [0.717, 1.165) is 5.75 Å². The van der Waals surface area contributed by atoms with Crippen LogP contribution in [0.15, 0.2) is 24.8 Å². The van der Waals surface area contributed by atoms with Gasteiger partial charge in [-0.15, -0.1) is 6.58 Å². The number of nitrogens with one attached hydrogen (secondary N) is 1. The third kappa shape index (κ3) is 4.34. The maximum Gasteiger partial charge on any atom is 0.336 e. The molecule has 108 valence electrons. The van der Waals surface area contributed by atoms with Crippen LogP contribution in [0.3, 0.4) is 0 Å². The highest BCUT2D eigenvalue weighted by Crippen LogP contribution is 2.15. The van der Waals surface area contributed by atoms with E-state index in [-0.39, 0.29) is 6.54 Å². The van der Waals surface area contributed by atoms with Gasteiger partial charge in [0.2, 0.25) is 0 Å². The Morgan fingerprint density at radius 3 is 2.45 bits per heavy atom. The number of carboxylic acid groups (broad SMARTS) is 1. The van der Waals surface area contributed by atoms with Crippen molar-refractivity contribution in [2.45, 2.75) is 0 Å². The number of carboxylic acids is 1. The molecule has 0 aliphatic heterocycles. The van der Waals surface area contributed by atoms with Crippen molar-refractivity contribution in [2.75, 3.05) is 18.1 Å². The van der Waals surface area contributed by atoms with Gasteiger partial charge in [-0.25, -0.2) is 13.6 Å². The van der Waals surface area contributed by atoms with Crippen LogP contribution in [0.1, 0.15) is 20.7 Å². The summed E-state index contributed by atoms with van der Waals surface area (Å²) in [6.45, 7) is 3.83. The Morgan fingerprint density at radius 1 is 1.30 bits per heavy atom. The molecule has 1 amide bonds. The molecule has 0 spiro atoms. The van der Waals surface area contributed by atoms with E-state index in [0.29, 0.717) is 17.9 Å². The topological polar surface area (TPSA) is 66.4 Å². The molecule has 0 aromatic heterocycles. The van der Waals surface area contributed by atoms with Crippen molar-refractivity contribution in [3.05, 3.63) is 47.5 Å². The molecule has 0 saturated heterocycles. The lowest BCUT2D eigenvalue weighted by Crippen LogP contribution is -2.28. The monoisotopic (exact) mass is 301 g/mol. The third-order valence-electron chi connectivity index (χ3n) is 2.30. The predicted octanol–water partition coefficient (Wildman–Crippen LogP) is 2.31. The molecular weight excluding hydrogens is 288 g/mol. The van der Waals surface area contributed by atoms with Gasteiger partial charge in [0.25, 0.3) is 5.91 Å². The SMILES string of the molecule is C=CCSCCNC(=O)c1cc(F)c(F)cc1C(=O)O. The summed E-state index contributed by atoms with van der Waals surface area (Å²) in [6, 6.07) is 1.09. The average Bonchev–Trinajstić information content (AvgIpc) is 2.40. The minimum Gasteiger partial charge on any atom is -0.478 e. The fourth-order valence-corrected chi connectivity index (χ4v) is 1.99. The molecule has 1 aromatic rings. The molecule has 0 unspecified atom stereocenters. The van der Waals surface area contributed by atoms with Crippen LogP contribution in [-0.4, -0.2) is 35.0 Å². The molecule has 7 heteroatoms. The van der Waals surface area contributed by atoms with E-state index < -0.39 is 34.6 Å². The number of hydrogen-bond acceptors (Lipinski definition) is 3. The van der Waals surface area contributed by atoms with Crippen molar-refractivity contribution in [3.8, 4) is 0 Å². The first-order valence-electron chi connectivity index (χ1n) is 5.66. The molecule has 0 aliphatic rings. The van der Waals surface area contributed by atoms with Gasteiger partial charge < -0.3 is 10.4 Å². The summed E-state index contributed by atoms with van der Waals surface area (Å²) in [7, 11) is 0. The number of thioether (sulfide) groups is 1. The van der Waals surface area contributed by atoms with Crippen molar-refractivity contribution in [1.29, 1.82) is 0 Å². The fraction of sp³-hybridized carbons (Fsp3) is 0.231. The Bertz CT molecular complexity index is 535. The van der Waals surface area contributed by atoms with Crippen LogP contribution in [0.25, 0.3) is 0 Å². The van der Waals surface area contributed by atoms with Crippen LogP contribution in [0.5, 0.6) is 0 Å². The zero-order chi connectivity index (χ0) is 15.1. The van der Waals surface area contributed by atoms with Gasteiger partial charge in [0.15, 0.2) is 11.6 Å². The first-order valence-corrected chi connectivity index (χ1v) is 6.82. The summed E-state index contributed by atoms with van der Waals surface area (Å²) in [6.07, 6.45) is 1.71. The van der Waals surface area contributed by atoms with E-state index in [2.05, 4.69) is 11.9 Å². The highest BCUT2D eigenvalue weighted by Gasteiger charge is 2.20. The number of rotatable bonds is 7. The molecule has 20 heavy (non-hydrogen) atoms. The van der Waals surface area contributed by atoms with Crippen LogP contribution >= 0.6 is 11.8 Å². The van der Waals surface area contributed by atoms with E-state index in [1.54, 1.807) is 6.08 Å². The zero-order valence-corrected chi connectivity index (χ0v) is 11.3. The van der Waals surface area contributed by atoms with Gasteiger partial charge in [-0.05, 0) is 12.1 Å². The largest absolute Gasteiger partial charge is 0.478 e. The molecule has 2 N–H and O–H groups in total. The molecule has 0 bridgehead atoms. The Labute approximate surface area is 118 Å². The Hall–Kier alpha value is -1.89. The fourth-order valence-electron chi connectivity index (χ4n) is 1.41. The van der Waals surface area contributed by atoms with E-state index in [4.69, 9.17) is 5.11 Å². The second-order valence-corrected chi connectivity index (χ2v) is 4.89. The van der Waals surface area contributed by atoms with E-state index in [1.165, 1.54) is 11.8 Å². The van der Waals surface area contributed by atoms with Crippen molar-refractivity contribution in [2.24, 2.45) is 0 Å². The van der Waals surface area contributed by atoms with E-state index >= 15 is 0 Å². The molecule has 1 rings (SSSR count). The zero-order valence-electron chi connectivity index (χ0n) is 10.5. The van der Waals surface area contributed by atoms with E-state index in [1.807, 2.05) is 0 Å². The summed E-state index contributed by atoms with van der Waals surface area (Å²) in [4.78, 5) is 22.7. The summed E-state index contributed by atoms with van der Waals surface area (Å²) in [5, 5.41) is 11.3. The first kappa shape index (κ1) is 16.2. The lowest BCUT2D eigenvalue weighted by Gasteiger charge is -2.08. The lowest BCUT2D eigenvalue weighted by molar-refractivity contribution is 0.0690. The molecule has 1 aromatic carbocycles. The highest BCUT2D eigenvalue weighted by molar-refractivity contribution is 7.99. The molecule has 0 fully saturated rings. The van der Waals surface area contributed by atoms with E-state index in [9.17, 15) is 18.4 Å². The van der Waals surface area contributed by atoms with Gasteiger partial charge in [0.05, 0.1) is 11.1 Å². The van der Waals surface area contributed by atoms with Crippen LogP contribution in [0, 0.1) is 11.6 Å². The maximum atomic E-state index is 13.1. The van der Waals surface area contributed by atoms with Crippen molar-refractivity contribution in [3.63, 3.8) is 0 Å². The number of benzene rings is 1. The smallest absolute Gasteiger partial charge is 0.336 e. The number of amides is 1. The highest BCUT2D eigenvalue weighted by atomic mass is 32.2. The number of aromatic carboxylic acids is 1. The van der Waals surface area contributed by atoms with Crippen molar-refractivity contribution in [1.82, 2.24) is 5.32 Å². The molecule has 0 radical (unpaired) electrons. The first-order chi connectivity index (χ1) is 9.47. The van der Waals surface area contributed by atoms with Gasteiger partial charge in [0, 0.05) is 18.1 Å². The number of hydrogen-bond donors (Lipinski definition) is 2. The van der Waals surface area contributed by atoms with Gasteiger partial charge in [-0.2, -0.15) is 11.8 Å². The second-order valence-electron chi connectivity index (χ2n) is 3.74. The van der Waals surface area contributed by atoms with Crippen LogP contribution in [0.2, 0.25) is 0 Å². The van der Waals surface area contributed by atoms with Gasteiger partial charge in [-0.3, -0.25) is 4.79 Å². The summed E-state index contributed by atoms with van der Waals surface area (Å²) < 4.78 is 26.1. The Balaban J connectivity index is 2.79. The van der Waals surface area contributed by atoms with Crippen LogP contribution in [0.4, 0.5) is 8.78 Å². The van der Waals surface area contributed by atoms with Crippen LogP contribution < -0.4 is 5.32 Å². The molecule has 4 nitrogen and oxygen atoms in total. The summed E-state index contributed by atoms with van der Waals surface area (Å²) in [5.41, 5.74) is -0.967. The number of carbonyl (C=O) groups excluding carboxylic acids is 1. The summed E-state index contributed by atoms with van der Waals surface area (Å²) in [5.74, 6) is -3.48. The van der Waals surface area contributed by atoms with Gasteiger partial charge >= 0.3 is 5.97 Å². The van der Waals surface area contributed by atoms with Gasteiger partial charge in [0.1, 0.15) is 0 Å². The molecule has 0 aliphatic carbocycles. The van der Waals surface area contributed by atoms with Crippen molar-refractivity contribution < 1.29 is 23.5 Å². The molecular formula is C13H13F2NO3S. The second kappa shape index (κ2) is 7.64. The number of carbonyl (C=O) groups is 2. The lowest BCUT2D eigenvalue weighted by atomic mass is 10.1. The predicted molar refractivity (Wildman–Crippen MR) is 73.2 cm³/mol. The standard InChI is InChI=1S/C13H13F2NO3S/c1-2-4-20-5-3-16-12(17)8-6-10(14)11(15)7-9(8)13(18)19/h2,6-7H,1,3-5H2,(H,16,17)(H,18,19). The minimum atomic E-state index is -1.49. The normalized spacial score (nSPS) is 10.1. The molecule has 0 saturated carbocycles. The van der Waals surface area contributed by atoms with Crippen LogP contribution in [-0.2, 0) is 0 Å². The van der Waals surface area contributed by atoms with Crippen molar-refractivity contribution >= 4 is 23.6 Å². The average molecular weight is 301 g/mol. The number of halogens is 2. The Morgan fingerprint density at radius 2 is 1.90 bits per heavy atom. The maximum absolute atomic E-state index is 13.1.